The second-order valence-corrected chi connectivity index (χ2v) is 5.38. The number of anilines is 1. The number of nitrogens with one attached hydrogen (secondary N) is 1. The first-order chi connectivity index (χ1) is 10.1. The third-order valence-electron chi connectivity index (χ3n) is 3.14. The van der Waals surface area contributed by atoms with Crippen LogP contribution in [0.2, 0.25) is 0 Å². The lowest BCUT2D eigenvalue weighted by Crippen LogP contribution is -2.10. The number of methoxy groups -OCH3 is 1. The Morgan fingerprint density at radius 1 is 1.33 bits per heavy atom. The van der Waals surface area contributed by atoms with Gasteiger partial charge in [-0.05, 0) is 53.2 Å². The predicted octanol–water partition coefficient (Wildman–Crippen LogP) is 4.64. The molecule has 0 aliphatic carbocycles. The molecule has 1 N–H and O–H groups in total. The number of hydrogen-bond acceptors (Lipinski definition) is 3. The smallest absolute Gasteiger partial charge is 0.132 e. The van der Waals surface area contributed by atoms with E-state index in [1.165, 1.54) is 13.2 Å². The van der Waals surface area contributed by atoms with Gasteiger partial charge in [-0.15, -0.1) is 0 Å². The molecule has 1 atom stereocenters. The van der Waals surface area contributed by atoms with Gasteiger partial charge in [0.15, 0.2) is 0 Å². The summed E-state index contributed by atoms with van der Waals surface area (Å²) in [6, 6.07) is 11.7. The highest BCUT2D eigenvalue weighted by Crippen LogP contribution is 2.32. The van der Waals surface area contributed by atoms with Crippen molar-refractivity contribution in [3.8, 4) is 11.8 Å². The number of benzene rings is 2. The Balaban J connectivity index is 2.31. The molecule has 21 heavy (non-hydrogen) atoms. The van der Waals surface area contributed by atoms with Crippen molar-refractivity contribution in [3.63, 3.8) is 0 Å². The van der Waals surface area contributed by atoms with Crippen molar-refractivity contribution < 1.29 is 9.13 Å². The highest BCUT2D eigenvalue weighted by Gasteiger charge is 2.17. The summed E-state index contributed by atoms with van der Waals surface area (Å²) in [7, 11) is 1.52. The Kier molecular flexibility index (Phi) is 4.81. The number of hydrogen-bond donors (Lipinski definition) is 1. The third-order valence-corrected chi connectivity index (χ3v) is 3.79. The van der Waals surface area contributed by atoms with E-state index in [9.17, 15) is 4.39 Å². The first-order valence-corrected chi connectivity index (χ1v) is 7.14. The molecule has 0 saturated carbocycles. The predicted molar refractivity (Wildman–Crippen MR) is 83.8 cm³/mol. The van der Waals surface area contributed by atoms with E-state index in [2.05, 4.69) is 27.3 Å². The van der Waals surface area contributed by atoms with E-state index in [1.54, 1.807) is 30.3 Å². The lowest BCUT2D eigenvalue weighted by Gasteiger charge is -2.20. The molecule has 0 amide bonds. The van der Waals surface area contributed by atoms with Crippen LogP contribution in [0.4, 0.5) is 10.1 Å². The van der Waals surface area contributed by atoms with Gasteiger partial charge in [0.2, 0.25) is 0 Å². The van der Waals surface area contributed by atoms with Crippen LogP contribution in [0.3, 0.4) is 0 Å². The minimum absolute atomic E-state index is 0.287. The first-order valence-electron chi connectivity index (χ1n) is 6.35. The van der Waals surface area contributed by atoms with Crippen molar-refractivity contribution in [2.24, 2.45) is 0 Å². The van der Waals surface area contributed by atoms with E-state index in [-0.39, 0.29) is 11.9 Å². The van der Waals surface area contributed by atoms with Crippen LogP contribution in [0, 0.1) is 17.1 Å². The average molecular weight is 349 g/mol. The molecule has 0 aliphatic heterocycles. The van der Waals surface area contributed by atoms with Crippen molar-refractivity contribution >= 4 is 21.6 Å². The molecule has 0 heterocycles. The topological polar surface area (TPSA) is 45.0 Å². The van der Waals surface area contributed by atoms with Crippen LogP contribution in [-0.4, -0.2) is 7.11 Å². The summed E-state index contributed by atoms with van der Waals surface area (Å²) in [5, 5.41) is 12.1. The maximum absolute atomic E-state index is 14.0. The van der Waals surface area contributed by atoms with E-state index in [0.29, 0.717) is 16.9 Å². The van der Waals surface area contributed by atoms with Crippen LogP contribution in [0.25, 0.3) is 0 Å². The first kappa shape index (κ1) is 15.3. The lowest BCUT2D eigenvalue weighted by molar-refractivity contribution is 0.402. The summed E-state index contributed by atoms with van der Waals surface area (Å²) in [4.78, 5) is 0. The van der Waals surface area contributed by atoms with E-state index in [4.69, 9.17) is 10.00 Å². The summed E-state index contributed by atoms with van der Waals surface area (Å²) < 4.78 is 20.0. The van der Waals surface area contributed by atoms with Gasteiger partial charge in [0.25, 0.3) is 0 Å². The fraction of sp³-hybridized carbons (Fsp3) is 0.188. The second kappa shape index (κ2) is 6.59. The zero-order valence-corrected chi connectivity index (χ0v) is 13.2. The van der Waals surface area contributed by atoms with Gasteiger partial charge in [0.05, 0.1) is 30.3 Å². The summed E-state index contributed by atoms with van der Waals surface area (Å²) in [5.74, 6) is 0.180. The molecule has 0 radical (unpaired) electrons. The molecule has 2 aromatic rings. The Hall–Kier alpha value is -2.06. The highest BCUT2D eigenvalue weighted by molar-refractivity contribution is 9.10. The monoisotopic (exact) mass is 348 g/mol. The minimum Gasteiger partial charge on any atom is -0.496 e. The van der Waals surface area contributed by atoms with Gasteiger partial charge in [-0.2, -0.15) is 5.26 Å². The number of halogens is 2. The molecule has 0 saturated heterocycles. The van der Waals surface area contributed by atoms with Gasteiger partial charge in [0, 0.05) is 10.2 Å². The van der Waals surface area contributed by atoms with Crippen LogP contribution >= 0.6 is 15.9 Å². The molecule has 108 valence electrons. The van der Waals surface area contributed by atoms with E-state index in [0.717, 1.165) is 10.2 Å². The number of nitrogens with zero attached hydrogens (tertiary/aromatic N) is 1. The molecule has 0 aromatic heterocycles. The number of ether oxygens (including phenoxy) is 1. The van der Waals surface area contributed by atoms with Gasteiger partial charge in [-0.1, -0.05) is 6.07 Å². The zero-order valence-electron chi connectivity index (χ0n) is 11.7. The molecule has 0 aliphatic rings. The Labute approximate surface area is 131 Å². The average Bonchev–Trinajstić information content (AvgIpc) is 2.48. The molecule has 3 nitrogen and oxygen atoms in total. The van der Waals surface area contributed by atoms with Crippen molar-refractivity contribution in [2.75, 3.05) is 12.4 Å². The molecule has 0 fully saturated rings. The van der Waals surface area contributed by atoms with E-state index in [1.807, 2.05) is 6.92 Å². The standard InChI is InChI=1S/C16H14BrFN2O/c1-10(16-13(18)4-3-5-15(16)21-2)20-14-7-6-11(9-19)8-12(14)17/h3-8,10,20H,1-2H3. The molecule has 2 aromatic carbocycles. The Bertz CT molecular complexity index is 697. The van der Waals surface area contributed by atoms with Crippen LogP contribution in [0.1, 0.15) is 24.1 Å². The number of rotatable bonds is 4. The van der Waals surface area contributed by atoms with Crippen LogP contribution in [0.5, 0.6) is 5.75 Å². The molecule has 0 bridgehead atoms. The SMILES string of the molecule is COc1cccc(F)c1C(C)Nc1ccc(C#N)cc1Br. The molecule has 2 rings (SSSR count). The molecule has 0 spiro atoms. The zero-order chi connectivity index (χ0) is 15.4. The van der Waals surface area contributed by atoms with Gasteiger partial charge in [-0.25, -0.2) is 4.39 Å². The van der Waals surface area contributed by atoms with E-state index >= 15 is 0 Å². The second-order valence-electron chi connectivity index (χ2n) is 4.53. The molecular formula is C16H14BrFN2O. The van der Waals surface area contributed by atoms with Crippen molar-refractivity contribution in [3.05, 3.63) is 57.8 Å². The summed E-state index contributed by atoms with van der Waals surface area (Å²) >= 11 is 3.40. The van der Waals surface area contributed by atoms with Crippen LogP contribution < -0.4 is 10.1 Å². The molecule has 1 unspecified atom stereocenters. The van der Waals surface area contributed by atoms with Gasteiger partial charge in [0.1, 0.15) is 11.6 Å². The van der Waals surface area contributed by atoms with Crippen LogP contribution in [-0.2, 0) is 0 Å². The van der Waals surface area contributed by atoms with Crippen molar-refractivity contribution in [1.29, 1.82) is 5.26 Å². The molecule has 5 heteroatoms. The maximum Gasteiger partial charge on any atom is 0.132 e. The maximum atomic E-state index is 14.0. The largest absolute Gasteiger partial charge is 0.496 e. The van der Waals surface area contributed by atoms with Crippen molar-refractivity contribution in [2.45, 2.75) is 13.0 Å². The van der Waals surface area contributed by atoms with Gasteiger partial charge in [-0.3, -0.25) is 0 Å². The fourth-order valence-electron chi connectivity index (χ4n) is 2.12. The Morgan fingerprint density at radius 2 is 2.10 bits per heavy atom. The number of nitriles is 1. The third kappa shape index (κ3) is 3.34. The van der Waals surface area contributed by atoms with Crippen LogP contribution in [0.15, 0.2) is 40.9 Å². The molecular weight excluding hydrogens is 335 g/mol. The fourth-order valence-corrected chi connectivity index (χ4v) is 2.62. The summed E-state index contributed by atoms with van der Waals surface area (Å²) in [6.07, 6.45) is 0. The summed E-state index contributed by atoms with van der Waals surface area (Å²) in [6.45, 7) is 1.85. The Morgan fingerprint density at radius 3 is 2.71 bits per heavy atom. The van der Waals surface area contributed by atoms with Gasteiger partial charge < -0.3 is 10.1 Å². The normalized spacial score (nSPS) is 11.6. The minimum atomic E-state index is -0.320. The highest BCUT2D eigenvalue weighted by atomic mass is 79.9. The summed E-state index contributed by atoms with van der Waals surface area (Å²) in [5.41, 5.74) is 1.81. The lowest BCUT2D eigenvalue weighted by atomic mass is 10.1. The van der Waals surface area contributed by atoms with Crippen molar-refractivity contribution in [1.82, 2.24) is 0 Å². The quantitative estimate of drug-likeness (QED) is 0.875. The van der Waals surface area contributed by atoms with Gasteiger partial charge >= 0.3 is 0 Å². The van der Waals surface area contributed by atoms with E-state index < -0.39 is 0 Å².